The first kappa shape index (κ1) is 22.2. The van der Waals surface area contributed by atoms with E-state index in [0.29, 0.717) is 11.4 Å². The van der Waals surface area contributed by atoms with Gasteiger partial charge in [0.2, 0.25) is 11.8 Å². The largest absolute Gasteiger partial charge is 0.444 e. The number of alkyl carbamates (subject to hydrolysis) is 1. The van der Waals surface area contributed by atoms with E-state index < -0.39 is 11.7 Å². The van der Waals surface area contributed by atoms with Gasteiger partial charge in [0.1, 0.15) is 5.60 Å². The molecule has 0 bridgehead atoms. The second kappa shape index (κ2) is 10.4. The Morgan fingerprint density at radius 3 is 2.33 bits per heavy atom. The molecule has 0 atom stereocenters. The van der Waals surface area contributed by atoms with E-state index in [1.807, 2.05) is 13.8 Å². The van der Waals surface area contributed by atoms with Gasteiger partial charge in [-0.2, -0.15) is 0 Å². The van der Waals surface area contributed by atoms with Gasteiger partial charge in [-0.15, -0.1) is 0 Å². The van der Waals surface area contributed by atoms with Crippen LogP contribution in [0.25, 0.3) is 0 Å². The third-order valence-corrected chi connectivity index (χ3v) is 3.07. The predicted molar refractivity (Wildman–Crippen MR) is 107 cm³/mol. The first-order valence-corrected chi connectivity index (χ1v) is 8.91. The third-order valence-electron chi connectivity index (χ3n) is 3.07. The van der Waals surface area contributed by atoms with Crippen LogP contribution in [-0.2, 0) is 14.3 Å². The van der Waals surface area contributed by atoms with Crippen LogP contribution in [0.1, 0.15) is 41.0 Å². The van der Waals surface area contributed by atoms with Crippen LogP contribution in [0.5, 0.6) is 0 Å². The van der Waals surface area contributed by atoms with Crippen LogP contribution < -0.4 is 16.0 Å². The van der Waals surface area contributed by atoms with Gasteiger partial charge < -0.3 is 20.7 Å². The molecule has 1 aromatic carbocycles. The highest BCUT2D eigenvalue weighted by atomic mass is 16.6. The summed E-state index contributed by atoms with van der Waals surface area (Å²) < 4.78 is 5.10. The minimum Gasteiger partial charge on any atom is -0.444 e. The molecule has 7 nitrogen and oxygen atoms in total. The smallest absolute Gasteiger partial charge is 0.407 e. The lowest BCUT2D eigenvalue weighted by Crippen LogP contribution is -2.34. The van der Waals surface area contributed by atoms with E-state index in [1.165, 1.54) is 6.08 Å². The Kier molecular flexibility index (Phi) is 8.51. The number of carbonyl (C=O) groups excluding carboxylic acids is 3. The van der Waals surface area contributed by atoms with Crippen molar-refractivity contribution >= 4 is 29.3 Å². The molecule has 7 heteroatoms. The zero-order valence-electron chi connectivity index (χ0n) is 16.6. The summed E-state index contributed by atoms with van der Waals surface area (Å²) in [6, 6.07) is 6.86. The number of amides is 3. The van der Waals surface area contributed by atoms with E-state index in [0.717, 1.165) is 0 Å². The Bertz CT molecular complexity index is 691. The van der Waals surface area contributed by atoms with Gasteiger partial charge >= 0.3 is 6.09 Å². The molecule has 1 rings (SSSR count). The van der Waals surface area contributed by atoms with Crippen molar-refractivity contribution in [3.8, 4) is 0 Å². The number of carbonyl (C=O) groups is 3. The maximum Gasteiger partial charge on any atom is 0.407 e. The summed E-state index contributed by atoms with van der Waals surface area (Å²) >= 11 is 0. The molecular weight excluding hydrogens is 346 g/mol. The SMILES string of the molecule is CC(C)/C=C/C(=O)Nc1cccc(NC(=O)CCNC(=O)OC(C)(C)C)c1. The molecule has 0 fully saturated rings. The first-order valence-electron chi connectivity index (χ1n) is 8.91. The Labute approximate surface area is 160 Å². The zero-order valence-corrected chi connectivity index (χ0v) is 16.6. The van der Waals surface area contributed by atoms with Crippen molar-refractivity contribution in [2.75, 3.05) is 17.2 Å². The molecule has 0 saturated heterocycles. The fourth-order valence-corrected chi connectivity index (χ4v) is 1.95. The number of nitrogens with one attached hydrogen (secondary N) is 3. The van der Waals surface area contributed by atoms with Crippen molar-refractivity contribution in [1.82, 2.24) is 5.32 Å². The minimum atomic E-state index is -0.582. The van der Waals surface area contributed by atoms with Gasteiger partial charge in [0.05, 0.1) is 0 Å². The van der Waals surface area contributed by atoms with Crippen molar-refractivity contribution < 1.29 is 19.1 Å². The maximum absolute atomic E-state index is 12.0. The van der Waals surface area contributed by atoms with Crippen LogP contribution in [0.3, 0.4) is 0 Å². The number of allylic oxidation sites excluding steroid dienone is 1. The van der Waals surface area contributed by atoms with Gasteiger partial charge in [-0.05, 0) is 51.0 Å². The standard InChI is InChI=1S/C20H29N3O4/c1-14(2)9-10-17(24)22-15-7-6-8-16(13-15)23-18(25)11-12-21-19(26)27-20(3,4)5/h6-10,13-14H,11-12H2,1-5H3,(H,21,26)(H,22,24)(H,23,25)/b10-9+. The Balaban J connectivity index is 2.46. The van der Waals surface area contributed by atoms with Crippen molar-refractivity contribution in [3.63, 3.8) is 0 Å². The highest BCUT2D eigenvalue weighted by molar-refractivity contribution is 6.00. The fraction of sp³-hybridized carbons (Fsp3) is 0.450. The number of ether oxygens (including phenoxy) is 1. The van der Waals surface area contributed by atoms with Crippen molar-refractivity contribution in [2.24, 2.45) is 5.92 Å². The number of anilines is 2. The van der Waals surface area contributed by atoms with Gasteiger partial charge in [-0.1, -0.05) is 26.0 Å². The Hall–Kier alpha value is -2.83. The molecule has 3 amide bonds. The summed E-state index contributed by atoms with van der Waals surface area (Å²) in [5, 5.41) is 8.00. The fourth-order valence-electron chi connectivity index (χ4n) is 1.95. The van der Waals surface area contributed by atoms with Gasteiger partial charge in [0, 0.05) is 24.3 Å². The average Bonchev–Trinajstić information content (AvgIpc) is 2.51. The molecule has 148 valence electrons. The van der Waals surface area contributed by atoms with E-state index in [1.54, 1.807) is 51.1 Å². The lowest BCUT2D eigenvalue weighted by atomic mass is 10.2. The third kappa shape index (κ3) is 10.7. The quantitative estimate of drug-likeness (QED) is 0.633. The van der Waals surface area contributed by atoms with Crippen molar-refractivity contribution in [3.05, 3.63) is 36.4 Å². The molecule has 3 N–H and O–H groups in total. The van der Waals surface area contributed by atoms with Crippen LogP contribution in [-0.4, -0.2) is 30.1 Å². The summed E-state index contributed by atoms with van der Waals surface area (Å²) in [5.41, 5.74) is 0.558. The monoisotopic (exact) mass is 375 g/mol. The second-order valence-corrected chi connectivity index (χ2v) is 7.40. The summed E-state index contributed by atoms with van der Waals surface area (Å²) in [4.78, 5) is 35.3. The summed E-state index contributed by atoms with van der Waals surface area (Å²) in [6.07, 6.45) is 2.83. The van der Waals surface area contributed by atoms with E-state index in [2.05, 4.69) is 16.0 Å². The van der Waals surface area contributed by atoms with Gasteiger partial charge in [-0.25, -0.2) is 4.79 Å². The molecule has 0 spiro atoms. The lowest BCUT2D eigenvalue weighted by molar-refractivity contribution is -0.116. The summed E-state index contributed by atoms with van der Waals surface area (Å²) in [7, 11) is 0. The molecule has 1 aromatic rings. The van der Waals surface area contributed by atoms with Crippen molar-refractivity contribution in [2.45, 2.75) is 46.6 Å². The summed E-state index contributed by atoms with van der Waals surface area (Å²) in [5.74, 6) is -0.196. The Morgan fingerprint density at radius 2 is 1.74 bits per heavy atom. The lowest BCUT2D eigenvalue weighted by Gasteiger charge is -2.19. The number of rotatable bonds is 7. The molecule has 0 heterocycles. The number of benzene rings is 1. The Morgan fingerprint density at radius 1 is 1.11 bits per heavy atom. The van der Waals surface area contributed by atoms with Crippen LogP contribution >= 0.6 is 0 Å². The van der Waals surface area contributed by atoms with Crippen LogP contribution in [0.15, 0.2) is 36.4 Å². The molecular formula is C20H29N3O4. The number of hydrogen-bond acceptors (Lipinski definition) is 4. The zero-order chi connectivity index (χ0) is 20.4. The molecule has 27 heavy (non-hydrogen) atoms. The average molecular weight is 375 g/mol. The highest BCUT2D eigenvalue weighted by Gasteiger charge is 2.15. The normalized spacial score (nSPS) is 11.3. The highest BCUT2D eigenvalue weighted by Crippen LogP contribution is 2.15. The number of hydrogen-bond donors (Lipinski definition) is 3. The molecule has 0 aromatic heterocycles. The first-order chi connectivity index (χ1) is 12.5. The van der Waals surface area contributed by atoms with E-state index in [-0.39, 0.29) is 30.7 Å². The topological polar surface area (TPSA) is 96.5 Å². The second-order valence-electron chi connectivity index (χ2n) is 7.40. The maximum atomic E-state index is 12.0. The minimum absolute atomic E-state index is 0.104. The van der Waals surface area contributed by atoms with Gasteiger partial charge in [0.15, 0.2) is 0 Å². The van der Waals surface area contributed by atoms with E-state index >= 15 is 0 Å². The van der Waals surface area contributed by atoms with Gasteiger partial charge in [0.25, 0.3) is 0 Å². The molecule has 0 unspecified atom stereocenters. The van der Waals surface area contributed by atoms with Crippen LogP contribution in [0.2, 0.25) is 0 Å². The molecule has 0 aliphatic rings. The molecule has 0 radical (unpaired) electrons. The molecule has 0 aliphatic carbocycles. The van der Waals surface area contributed by atoms with E-state index in [4.69, 9.17) is 4.74 Å². The van der Waals surface area contributed by atoms with Crippen molar-refractivity contribution in [1.29, 1.82) is 0 Å². The van der Waals surface area contributed by atoms with Crippen LogP contribution in [0.4, 0.5) is 16.2 Å². The molecule has 0 saturated carbocycles. The van der Waals surface area contributed by atoms with Crippen LogP contribution in [0, 0.1) is 5.92 Å². The molecule has 0 aliphatic heterocycles. The predicted octanol–water partition coefficient (Wildman–Crippen LogP) is 3.69. The summed E-state index contributed by atoms with van der Waals surface area (Å²) in [6.45, 7) is 9.43. The van der Waals surface area contributed by atoms with E-state index in [9.17, 15) is 14.4 Å². The van der Waals surface area contributed by atoms with Gasteiger partial charge in [-0.3, -0.25) is 9.59 Å².